The number of anilines is 1. The van der Waals surface area contributed by atoms with E-state index >= 15 is 0 Å². The molecule has 0 saturated carbocycles. The lowest BCUT2D eigenvalue weighted by Crippen LogP contribution is -2.28. The first kappa shape index (κ1) is 12.0. The number of nitrogens with zero attached hydrogens (tertiary/aromatic N) is 1. The average Bonchev–Trinajstić information content (AvgIpc) is 2.20. The van der Waals surface area contributed by atoms with E-state index in [-0.39, 0.29) is 5.75 Å². The van der Waals surface area contributed by atoms with Crippen molar-refractivity contribution >= 4 is 15.7 Å². The molecule has 1 aromatic rings. The molecule has 0 unspecified atom stereocenters. The first-order valence-electron chi connectivity index (χ1n) is 4.92. The van der Waals surface area contributed by atoms with E-state index in [0.717, 1.165) is 16.8 Å². The monoisotopic (exact) mass is 227 g/mol. The van der Waals surface area contributed by atoms with Crippen LogP contribution in [0.2, 0.25) is 0 Å². The summed E-state index contributed by atoms with van der Waals surface area (Å²) in [5, 5.41) is 0. The lowest BCUT2D eigenvalue weighted by molar-refractivity contribution is 0.595. The first-order chi connectivity index (χ1) is 6.88. The van der Waals surface area contributed by atoms with Crippen LogP contribution < -0.4 is 4.31 Å². The minimum atomic E-state index is -3.16. The van der Waals surface area contributed by atoms with Crippen molar-refractivity contribution in [3.63, 3.8) is 0 Å². The Kier molecular flexibility index (Phi) is 3.39. The quantitative estimate of drug-likeness (QED) is 0.793. The maximum absolute atomic E-state index is 11.7. The molecular weight excluding hydrogens is 210 g/mol. The molecule has 0 aromatic heterocycles. The second-order valence-electron chi connectivity index (χ2n) is 3.66. The van der Waals surface area contributed by atoms with E-state index in [0.29, 0.717) is 0 Å². The summed E-state index contributed by atoms with van der Waals surface area (Å²) in [7, 11) is -1.56. The molecule has 0 bridgehead atoms. The molecule has 0 aliphatic heterocycles. The third kappa shape index (κ3) is 2.50. The Balaban J connectivity index is 3.22. The Morgan fingerprint density at radius 2 is 1.87 bits per heavy atom. The zero-order valence-corrected chi connectivity index (χ0v) is 10.4. The maximum Gasteiger partial charge on any atom is 0.234 e. The van der Waals surface area contributed by atoms with Gasteiger partial charge in [-0.05, 0) is 38.0 Å². The first-order valence-corrected chi connectivity index (χ1v) is 6.53. The molecule has 0 fully saturated rings. The zero-order valence-electron chi connectivity index (χ0n) is 9.61. The summed E-state index contributed by atoms with van der Waals surface area (Å²) in [4.78, 5) is 0. The predicted octanol–water partition coefficient (Wildman–Crippen LogP) is 2.09. The highest BCUT2D eigenvalue weighted by atomic mass is 32.2. The van der Waals surface area contributed by atoms with Crippen LogP contribution in [0.3, 0.4) is 0 Å². The number of benzene rings is 1. The van der Waals surface area contributed by atoms with Crippen LogP contribution >= 0.6 is 0 Å². The van der Waals surface area contributed by atoms with Crippen molar-refractivity contribution in [1.29, 1.82) is 0 Å². The maximum atomic E-state index is 11.7. The molecule has 1 rings (SSSR count). The Bertz CT molecular complexity index is 452. The molecule has 4 heteroatoms. The van der Waals surface area contributed by atoms with Crippen molar-refractivity contribution < 1.29 is 8.42 Å². The van der Waals surface area contributed by atoms with Crippen LogP contribution in [-0.2, 0) is 10.0 Å². The molecule has 0 aliphatic carbocycles. The van der Waals surface area contributed by atoms with Gasteiger partial charge in [0.05, 0.1) is 11.4 Å². The van der Waals surface area contributed by atoms with Crippen molar-refractivity contribution in [2.75, 3.05) is 17.1 Å². The molecule has 0 spiro atoms. The predicted molar refractivity (Wildman–Crippen MR) is 63.8 cm³/mol. The molecule has 0 aliphatic rings. The van der Waals surface area contributed by atoms with Gasteiger partial charge in [-0.1, -0.05) is 12.1 Å². The molecule has 15 heavy (non-hydrogen) atoms. The lowest BCUT2D eigenvalue weighted by atomic mass is 10.1. The van der Waals surface area contributed by atoms with Crippen molar-refractivity contribution in [1.82, 2.24) is 0 Å². The highest BCUT2D eigenvalue weighted by Crippen LogP contribution is 2.22. The molecule has 0 radical (unpaired) electrons. The van der Waals surface area contributed by atoms with E-state index in [1.165, 1.54) is 4.31 Å². The fourth-order valence-corrected chi connectivity index (χ4v) is 2.29. The van der Waals surface area contributed by atoms with Gasteiger partial charge in [-0.2, -0.15) is 0 Å². The van der Waals surface area contributed by atoms with E-state index < -0.39 is 10.0 Å². The van der Waals surface area contributed by atoms with E-state index in [2.05, 4.69) is 0 Å². The lowest BCUT2D eigenvalue weighted by Gasteiger charge is -2.20. The van der Waals surface area contributed by atoms with Gasteiger partial charge >= 0.3 is 0 Å². The second kappa shape index (κ2) is 4.23. The van der Waals surface area contributed by atoms with Crippen molar-refractivity contribution in [2.45, 2.75) is 20.8 Å². The smallest absolute Gasteiger partial charge is 0.234 e. The molecule has 1 aromatic carbocycles. The van der Waals surface area contributed by atoms with Crippen LogP contribution in [0.4, 0.5) is 5.69 Å². The van der Waals surface area contributed by atoms with E-state index in [1.807, 2.05) is 32.0 Å². The van der Waals surface area contributed by atoms with Gasteiger partial charge in [0.2, 0.25) is 10.0 Å². The van der Waals surface area contributed by atoms with Crippen molar-refractivity contribution in [3.05, 3.63) is 29.3 Å². The van der Waals surface area contributed by atoms with Crippen LogP contribution in [0.5, 0.6) is 0 Å². The summed E-state index contributed by atoms with van der Waals surface area (Å²) in [6.45, 7) is 5.52. The molecular formula is C11H17NO2S. The summed E-state index contributed by atoms with van der Waals surface area (Å²) >= 11 is 0. The van der Waals surface area contributed by atoms with E-state index in [1.54, 1.807) is 14.0 Å². The summed E-state index contributed by atoms with van der Waals surface area (Å²) in [6, 6.07) is 5.81. The van der Waals surface area contributed by atoms with E-state index in [4.69, 9.17) is 0 Å². The molecule has 3 nitrogen and oxygen atoms in total. The van der Waals surface area contributed by atoms with Crippen LogP contribution in [0.25, 0.3) is 0 Å². The molecule has 0 amide bonds. The Hall–Kier alpha value is -1.03. The van der Waals surface area contributed by atoms with Gasteiger partial charge < -0.3 is 0 Å². The summed E-state index contributed by atoms with van der Waals surface area (Å²) in [5.74, 6) is 0.122. The Morgan fingerprint density at radius 3 is 2.40 bits per heavy atom. The van der Waals surface area contributed by atoms with Crippen LogP contribution in [0.1, 0.15) is 18.1 Å². The fraction of sp³-hybridized carbons (Fsp3) is 0.455. The number of aryl methyl sites for hydroxylation is 2. The van der Waals surface area contributed by atoms with Crippen molar-refractivity contribution in [3.8, 4) is 0 Å². The van der Waals surface area contributed by atoms with Gasteiger partial charge in [0.15, 0.2) is 0 Å². The SMILES string of the molecule is CCS(=O)(=O)N(C)c1cc(C)ccc1C. The van der Waals surface area contributed by atoms with E-state index in [9.17, 15) is 8.42 Å². The highest BCUT2D eigenvalue weighted by molar-refractivity contribution is 7.92. The third-order valence-corrected chi connectivity index (χ3v) is 4.25. The zero-order chi connectivity index (χ0) is 11.6. The molecule has 0 atom stereocenters. The van der Waals surface area contributed by atoms with Gasteiger partial charge in [0, 0.05) is 7.05 Å². The largest absolute Gasteiger partial charge is 0.273 e. The third-order valence-electron chi connectivity index (χ3n) is 2.49. The normalized spacial score (nSPS) is 11.5. The van der Waals surface area contributed by atoms with Crippen molar-refractivity contribution in [2.24, 2.45) is 0 Å². The fourth-order valence-electron chi connectivity index (χ4n) is 1.40. The summed E-state index contributed by atoms with van der Waals surface area (Å²) < 4.78 is 24.7. The van der Waals surface area contributed by atoms with Gasteiger partial charge in [-0.25, -0.2) is 8.42 Å². The number of hydrogen-bond donors (Lipinski definition) is 0. The number of sulfonamides is 1. The van der Waals surface area contributed by atoms with Crippen LogP contribution in [-0.4, -0.2) is 21.2 Å². The standard InChI is InChI=1S/C11H17NO2S/c1-5-15(13,14)12(4)11-8-9(2)6-7-10(11)3/h6-8H,5H2,1-4H3. The minimum Gasteiger partial charge on any atom is -0.273 e. The van der Waals surface area contributed by atoms with Gasteiger partial charge in [-0.15, -0.1) is 0 Å². The topological polar surface area (TPSA) is 37.4 Å². The van der Waals surface area contributed by atoms with Gasteiger partial charge in [-0.3, -0.25) is 4.31 Å². The highest BCUT2D eigenvalue weighted by Gasteiger charge is 2.17. The molecule has 0 N–H and O–H groups in total. The summed E-state index contributed by atoms with van der Waals surface area (Å²) in [6.07, 6.45) is 0. The molecule has 0 heterocycles. The Labute approximate surface area is 91.8 Å². The number of rotatable bonds is 3. The minimum absolute atomic E-state index is 0.122. The molecule has 84 valence electrons. The summed E-state index contributed by atoms with van der Waals surface area (Å²) in [5.41, 5.74) is 2.80. The van der Waals surface area contributed by atoms with Gasteiger partial charge in [0.1, 0.15) is 0 Å². The average molecular weight is 227 g/mol. The van der Waals surface area contributed by atoms with Crippen LogP contribution in [0.15, 0.2) is 18.2 Å². The van der Waals surface area contributed by atoms with Crippen LogP contribution in [0, 0.1) is 13.8 Å². The Morgan fingerprint density at radius 1 is 1.27 bits per heavy atom. The second-order valence-corrected chi connectivity index (χ2v) is 5.95. The molecule has 0 saturated heterocycles. The number of hydrogen-bond acceptors (Lipinski definition) is 2. The van der Waals surface area contributed by atoms with Gasteiger partial charge in [0.25, 0.3) is 0 Å².